The maximum Gasteiger partial charge on any atom is 0.418 e. The van der Waals surface area contributed by atoms with Crippen LogP contribution in [0, 0.1) is 6.57 Å². The number of aromatic nitrogens is 1. The molecule has 0 bridgehead atoms. The van der Waals surface area contributed by atoms with Gasteiger partial charge in [-0.15, -0.1) is 0 Å². The fraction of sp³-hybridized carbons (Fsp3) is 0.250. The van der Waals surface area contributed by atoms with Crippen molar-refractivity contribution in [2.75, 3.05) is 12.3 Å². The molecule has 2 N–H and O–H groups in total. The van der Waals surface area contributed by atoms with Crippen LogP contribution in [0.25, 0.3) is 4.85 Å². The summed E-state index contributed by atoms with van der Waals surface area (Å²) in [4.78, 5) is 14.3. The summed E-state index contributed by atoms with van der Waals surface area (Å²) >= 11 is 0. The average molecular weight is 179 g/mol. The van der Waals surface area contributed by atoms with E-state index in [1.807, 2.05) is 0 Å². The third kappa shape index (κ3) is 1.62. The molecule has 0 fully saturated rings. The fourth-order valence-electron chi connectivity index (χ4n) is 0.881. The predicted molar refractivity (Wildman–Crippen MR) is 47.5 cm³/mol. The minimum absolute atomic E-state index is 0.119. The van der Waals surface area contributed by atoms with E-state index in [9.17, 15) is 4.79 Å². The van der Waals surface area contributed by atoms with E-state index in [0.29, 0.717) is 0 Å². The van der Waals surface area contributed by atoms with Crippen molar-refractivity contribution in [3.05, 3.63) is 23.7 Å². The summed E-state index contributed by atoms with van der Waals surface area (Å²) < 4.78 is 5.82. The van der Waals surface area contributed by atoms with E-state index in [1.165, 1.54) is 12.3 Å². The van der Waals surface area contributed by atoms with E-state index in [0.717, 1.165) is 4.57 Å². The van der Waals surface area contributed by atoms with Gasteiger partial charge in [0, 0.05) is 6.20 Å². The zero-order valence-electron chi connectivity index (χ0n) is 7.15. The van der Waals surface area contributed by atoms with Crippen molar-refractivity contribution in [3.8, 4) is 0 Å². The van der Waals surface area contributed by atoms with Crippen LogP contribution >= 0.6 is 0 Å². The van der Waals surface area contributed by atoms with E-state index >= 15 is 0 Å². The van der Waals surface area contributed by atoms with Crippen molar-refractivity contribution in [1.29, 1.82) is 0 Å². The molecule has 0 aliphatic rings. The average Bonchev–Trinajstić information content (AvgIpc) is 2.47. The number of nitrogens with zero attached hydrogens (tertiary/aromatic N) is 2. The zero-order chi connectivity index (χ0) is 9.84. The maximum absolute atomic E-state index is 11.2. The molecule has 0 spiro atoms. The van der Waals surface area contributed by atoms with Crippen molar-refractivity contribution >= 4 is 17.6 Å². The van der Waals surface area contributed by atoms with Crippen LogP contribution in [-0.2, 0) is 4.74 Å². The van der Waals surface area contributed by atoms with Gasteiger partial charge in [-0.25, -0.2) is 14.2 Å². The summed E-state index contributed by atoms with van der Waals surface area (Å²) in [5.41, 5.74) is 5.75. The lowest BCUT2D eigenvalue weighted by Gasteiger charge is -2.03. The first kappa shape index (κ1) is 9.13. The Morgan fingerprint density at radius 3 is 3.00 bits per heavy atom. The summed E-state index contributed by atoms with van der Waals surface area (Å²) in [6.45, 7) is 8.70. The van der Waals surface area contributed by atoms with Crippen LogP contribution in [0.2, 0.25) is 0 Å². The quantitative estimate of drug-likeness (QED) is 0.666. The van der Waals surface area contributed by atoms with Gasteiger partial charge in [-0.05, 0) is 13.0 Å². The van der Waals surface area contributed by atoms with Gasteiger partial charge in [-0.1, -0.05) is 0 Å². The summed E-state index contributed by atoms with van der Waals surface area (Å²) in [5, 5.41) is 0. The molecule has 13 heavy (non-hydrogen) atoms. The second-order valence-corrected chi connectivity index (χ2v) is 2.27. The van der Waals surface area contributed by atoms with Gasteiger partial charge in [0.25, 0.3) is 0 Å². The first-order valence-corrected chi connectivity index (χ1v) is 3.72. The molecule has 0 saturated carbocycles. The number of hydrogen-bond acceptors (Lipinski definition) is 3. The number of rotatable bonds is 1. The molecule has 0 aliphatic heterocycles. The van der Waals surface area contributed by atoms with Crippen LogP contribution in [0.15, 0.2) is 12.3 Å². The van der Waals surface area contributed by atoms with Crippen LogP contribution in [0.3, 0.4) is 0 Å². The third-order valence-corrected chi connectivity index (χ3v) is 1.49. The van der Waals surface area contributed by atoms with Gasteiger partial charge in [0.15, 0.2) is 0 Å². The van der Waals surface area contributed by atoms with E-state index in [-0.39, 0.29) is 18.1 Å². The van der Waals surface area contributed by atoms with E-state index in [2.05, 4.69) is 4.85 Å². The Morgan fingerprint density at radius 2 is 2.54 bits per heavy atom. The standard InChI is InChI=1S/C8H9N3O2/c1-3-13-8(12)11-5-4-6(10-2)7(11)9/h4-5H,3,9H2,1H3. The Balaban J connectivity index is 2.97. The number of carbonyl (C=O) groups is 1. The number of hydrogen-bond donors (Lipinski definition) is 1. The highest BCUT2D eigenvalue weighted by Gasteiger charge is 2.11. The summed E-state index contributed by atoms with van der Waals surface area (Å²) in [6.07, 6.45) is 0.857. The summed E-state index contributed by atoms with van der Waals surface area (Å²) in [6, 6.07) is 1.47. The van der Waals surface area contributed by atoms with E-state index < -0.39 is 6.09 Å². The van der Waals surface area contributed by atoms with Crippen LogP contribution in [-0.4, -0.2) is 17.3 Å². The third-order valence-electron chi connectivity index (χ3n) is 1.49. The lowest BCUT2D eigenvalue weighted by Crippen LogP contribution is -2.14. The van der Waals surface area contributed by atoms with Crippen molar-refractivity contribution in [1.82, 2.24) is 4.57 Å². The lowest BCUT2D eigenvalue weighted by atomic mass is 10.5. The Morgan fingerprint density at radius 1 is 1.85 bits per heavy atom. The molecule has 1 heterocycles. The number of ether oxygens (including phenoxy) is 1. The molecule has 68 valence electrons. The minimum atomic E-state index is -0.560. The van der Waals surface area contributed by atoms with Gasteiger partial charge in [0.2, 0.25) is 5.69 Å². The molecule has 0 unspecified atom stereocenters. The second-order valence-electron chi connectivity index (χ2n) is 2.27. The van der Waals surface area contributed by atoms with Gasteiger partial charge in [-0.2, -0.15) is 0 Å². The molecule has 0 atom stereocenters. The van der Waals surface area contributed by atoms with Gasteiger partial charge in [0.1, 0.15) is 5.82 Å². The van der Waals surface area contributed by atoms with Gasteiger partial charge in [-0.3, -0.25) is 0 Å². The zero-order valence-corrected chi connectivity index (χ0v) is 7.15. The van der Waals surface area contributed by atoms with Crippen molar-refractivity contribution in [2.24, 2.45) is 0 Å². The number of anilines is 1. The molecule has 1 rings (SSSR count). The highest BCUT2D eigenvalue weighted by molar-refractivity contribution is 5.80. The SMILES string of the molecule is [C-]#[N+]c1ccn(C(=O)OCC)c1N. The molecule has 5 nitrogen and oxygen atoms in total. The van der Waals surface area contributed by atoms with Gasteiger partial charge < -0.3 is 10.5 Å². The summed E-state index contributed by atoms with van der Waals surface area (Å²) in [5.74, 6) is 0.119. The smallest absolute Gasteiger partial charge is 0.418 e. The second kappa shape index (κ2) is 3.63. The molecule has 0 aliphatic carbocycles. The Labute approximate surface area is 75.5 Å². The highest BCUT2D eigenvalue weighted by atomic mass is 16.5. The number of carbonyl (C=O) groups excluding carboxylic acids is 1. The molecular formula is C8H9N3O2. The first-order valence-electron chi connectivity index (χ1n) is 3.72. The summed E-state index contributed by atoms with van der Waals surface area (Å²) in [7, 11) is 0. The topological polar surface area (TPSA) is 61.6 Å². The highest BCUT2D eigenvalue weighted by Crippen LogP contribution is 2.22. The van der Waals surface area contributed by atoms with E-state index in [1.54, 1.807) is 6.92 Å². The molecule has 0 radical (unpaired) electrons. The van der Waals surface area contributed by atoms with Gasteiger partial charge >= 0.3 is 6.09 Å². The normalized spacial score (nSPS) is 9.23. The molecular weight excluding hydrogens is 170 g/mol. The molecule has 1 aromatic heterocycles. The minimum Gasteiger partial charge on any atom is -0.449 e. The predicted octanol–water partition coefficient (Wildman–Crippen LogP) is 1.63. The largest absolute Gasteiger partial charge is 0.449 e. The van der Waals surface area contributed by atoms with Gasteiger partial charge in [0.05, 0.1) is 13.2 Å². The first-order chi connectivity index (χ1) is 6.20. The van der Waals surface area contributed by atoms with Crippen molar-refractivity contribution in [3.63, 3.8) is 0 Å². The fourth-order valence-corrected chi connectivity index (χ4v) is 0.881. The lowest BCUT2D eigenvalue weighted by molar-refractivity contribution is 0.154. The van der Waals surface area contributed by atoms with Crippen LogP contribution < -0.4 is 5.73 Å². The molecule has 0 aromatic carbocycles. The molecule has 1 aromatic rings. The van der Waals surface area contributed by atoms with Crippen LogP contribution in [0.1, 0.15) is 6.92 Å². The molecule has 5 heteroatoms. The van der Waals surface area contributed by atoms with Crippen LogP contribution in [0.4, 0.5) is 16.3 Å². The molecule has 0 saturated heterocycles. The Bertz CT molecular complexity index is 362. The van der Waals surface area contributed by atoms with Crippen molar-refractivity contribution in [2.45, 2.75) is 6.92 Å². The number of nitrogen functional groups attached to an aromatic ring is 1. The Hall–Kier alpha value is -1.96. The monoisotopic (exact) mass is 179 g/mol. The molecule has 0 amide bonds. The van der Waals surface area contributed by atoms with E-state index in [4.69, 9.17) is 17.0 Å². The number of nitrogens with two attached hydrogens (primary N) is 1. The Kier molecular flexibility index (Phi) is 2.55. The maximum atomic E-state index is 11.2. The van der Waals surface area contributed by atoms with Crippen LogP contribution in [0.5, 0.6) is 0 Å². The van der Waals surface area contributed by atoms with Crippen molar-refractivity contribution < 1.29 is 9.53 Å².